The number of amides is 1. The molecule has 162 valence electrons. The fraction of sp³-hybridized carbons (Fsp3) is 0.167. The minimum Gasteiger partial charge on any atom is -0.487 e. The second-order valence-electron chi connectivity index (χ2n) is 7.33. The number of aromatic nitrogens is 1. The zero-order valence-electron chi connectivity index (χ0n) is 17.8. The fourth-order valence-electron chi connectivity index (χ4n) is 3.28. The van der Waals surface area contributed by atoms with Crippen LogP contribution in [0.2, 0.25) is 0 Å². The van der Waals surface area contributed by atoms with Crippen LogP contribution < -0.4 is 10.1 Å². The van der Waals surface area contributed by atoms with E-state index < -0.39 is 10.8 Å². The first-order chi connectivity index (χ1) is 15.4. The van der Waals surface area contributed by atoms with E-state index in [4.69, 9.17) is 9.15 Å². The summed E-state index contributed by atoms with van der Waals surface area (Å²) in [7, 11) is 0. The minimum absolute atomic E-state index is 0.127. The minimum atomic E-state index is -0.570. The highest BCUT2D eigenvalue weighted by Crippen LogP contribution is 2.29. The Kier molecular flexibility index (Phi) is 5.59. The lowest BCUT2D eigenvalue weighted by Gasteiger charge is -2.08. The normalized spacial score (nSPS) is 10.8. The molecule has 0 radical (unpaired) electrons. The van der Waals surface area contributed by atoms with Gasteiger partial charge in [0.25, 0.3) is 5.91 Å². The van der Waals surface area contributed by atoms with E-state index in [2.05, 4.69) is 10.3 Å². The number of nitrogens with zero attached hydrogens (tertiary/aromatic N) is 2. The number of benzene rings is 3. The third-order valence-corrected chi connectivity index (χ3v) is 5.11. The van der Waals surface area contributed by atoms with Crippen LogP contribution in [0.1, 0.15) is 28.4 Å². The average molecular weight is 431 g/mol. The number of rotatable bonds is 6. The van der Waals surface area contributed by atoms with Crippen LogP contribution in [0, 0.1) is 24.0 Å². The molecular formula is C24H21N3O5. The van der Waals surface area contributed by atoms with Gasteiger partial charge in [-0.1, -0.05) is 0 Å². The number of nitrogens with one attached hydrogen (secondary N) is 1. The number of hydrogen-bond acceptors (Lipinski definition) is 6. The zero-order chi connectivity index (χ0) is 22.8. The molecule has 3 aromatic carbocycles. The molecule has 0 atom stereocenters. The van der Waals surface area contributed by atoms with Crippen LogP contribution >= 0.6 is 0 Å². The highest BCUT2D eigenvalue weighted by molar-refractivity contribution is 6.05. The van der Waals surface area contributed by atoms with Gasteiger partial charge in [0.2, 0.25) is 5.89 Å². The molecule has 0 aliphatic carbocycles. The third-order valence-electron chi connectivity index (χ3n) is 5.11. The van der Waals surface area contributed by atoms with Crippen molar-refractivity contribution in [2.24, 2.45) is 0 Å². The molecule has 0 aliphatic heterocycles. The standard InChI is InChI=1S/C24H21N3O5/c1-4-31-21-10-7-17(13-20(21)27(29)30)23(28)25-18-8-5-16(6-9-18)24-26-19-11-14(2)15(3)12-22(19)32-24/h5-13H,4H2,1-3H3,(H,25,28). The van der Waals surface area contributed by atoms with Crippen molar-refractivity contribution in [3.8, 4) is 17.2 Å². The maximum absolute atomic E-state index is 12.6. The average Bonchev–Trinajstić information content (AvgIpc) is 3.17. The van der Waals surface area contributed by atoms with Crippen molar-refractivity contribution < 1.29 is 18.9 Å². The monoisotopic (exact) mass is 431 g/mol. The third kappa shape index (κ3) is 4.15. The lowest BCUT2D eigenvalue weighted by Crippen LogP contribution is -2.12. The predicted octanol–water partition coefficient (Wildman–Crippen LogP) is 5.67. The van der Waals surface area contributed by atoms with Gasteiger partial charge < -0.3 is 14.5 Å². The van der Waals surface area contributed by atoms with Gasteiger partial charge in [0, 0.05) is 22.9 Å². The summed E-state index contributed by atoms with van der Waals surface area (Å²) < 4.78 is 11.1. The summed E-state index contributed by atoms with van der Waals surface area (Å²) in [6, 6.07) is 15.1. The summed E-state index contributed by atoms with van der Waals surface area (Å²) in [6.07, 6.45) is 0. The summed E-state index contributed by atoms with van der Waals surface area (Å²) >= 11 is 0. The van der Waals surface area contributed by atoms with E-state index in [-0.39, 0.29) is 23.6 Å². The first-order valence-electron chi connectivity index (χ1n) is 10.1. The van der Waals surface area contributed by atoms with E-state index in [1.165, 1.54) is 18.2 Å². The molecule has 0 aliphatic rings. The number of anilines is 1. The van der Waals surface area contributed by atoms with Gasteiger partial charge in [-0.15, -0.1) is 0 Å². The summed E-state index contributed by atoms with van der Waals surface area (Å²) in [5, 5.41) is 14.0. The van der Waals surface area contributed by atoms with Crippen molar-refractivity contribution in [3.63, 3.8) is 0 Å². The van der Waals surface area contributed by atoms with Crippen LogP contribution in [-0.4, -0.2) is 22.4 Å². The molecule has 1 aromatic heterocycles. The quantitative estimate of drug-likeness (QED) is 0.311. The Labute approximate surface area is 184 Å². The molecule has 0 unspecified atom stereocenters. The molecular weight excluding hydrogens is 410 g/mol. The number of oxazole rings is 1. The number of carbonyl (C=O) groups excluding carboxylic acids is 1. The number of hydrogen-bond donors (Lipinski definition) is 1. The number of nitro benzene ring substituents is 1. The van der Waals surface area contributed by atoms with E-state index in [0.717, 1.165) is 27.8 Å². The highest BCUT2D eigenvalue weighted by Gasteiger charge is 2.19. The van der Waals surface area contributed by atoms with E-state index in [1.807, 2.05) is 26.0 Å². The number of carbonyl (C=O) groups is 1. The Morgan fingerprint density at radius 2 is 1.81 bits per heavy atom. The molecule has 1 heterocycles. The number of nitro groups is 1. The molecule has 1 amide bonds. The Morgan fingerprint density at radius 1 is 1.09 bits per heavy atom. The van der Waals surface area contributed by atoms with Crippen LogP contribution in [-0.2, 0) is 0 Å². The lowest BCUT2D eigenvalue weighted by atomic mass is 10.1. The molecule has 0 bridgehead atoms. The molecule has 0 fully saturated rings. The first kappa shape index (κ1) is 21.0. The molecule has 0 saturated heterocycles. The Balaban J connectivity index is 1.53. The van der Waals surface area contributed by atoms with Crippen molar-refractivity contribution in [3.05, 3.63) is 81.4 Å². The second-order valence-corrected chi connectivity index (χ2v) is 7.33. The van der Waals surface area contributed by atoms with Gasteiger partial charge in [-0.25, -0.2) is 4.98 Å². The summed E-state index contributed by atoms with van der Waals surface area (Å²) in [5.41, 5.74) is 5.00. The maximum Gasteiger partial charge on any atom is 0.311 e. The second kappa shape index (κ2) is 8.50. The Morgan fingerprint density at radius 3 is 2.50 bits per heavy atom. The molecule has 0 spiro atoms. The van der Waals surface area contributed by atoms with Crippen LogP contribution in [0.4, 0.5) is 11.4 Å². The summed E-state index contributed by atoms with van der Waals surface area (Å²) in [5.74, 6) is 0.156. The molecule has 0 saturated carbocycles. The van der Waals surface area contributed by atoms with E-state index in [0.29, 0.717) is 11.6 Å². The molecule has 32 heavy (non-hydrogen) atoms. The van der Waals surface area contributed by atoms with Crippen molar-refractivity contribution in [2.75, 3.05) is 11.9 Å². The van der Waals surface area contributed by atoms with Gasteiger partial charge in [-0.05, 0) is 80.4 Å². The van der Waals surface area contributed by atoms with Gasteiger partial charge >= 0.3 is 5.69 Å². The fourth-order valence-corrected chi connectivity index (χ4v) is 3.28. The topological polar surface area (TPSA) is 108 Å². The van der Waals surface area contributed by atoms with E-state index in [9.17, 15) is 14.9 Å². The van der Waals surface area contributed by atoms with Crippen molar-refractivity contribution in [1.29, 1.82) is 0 Å². The van der Waals surface area contributed by atoms with Crippen LogP contribution in [0.5, 0.6) is 5.75 Å². The highest BCUT2D eigenvalue weighted by atomic mass is 16.6. The maximum atomic E-state index is 12.6. The Bertz CT molecular complexity index is 1290. The van der Waals surface area contributed by atoms with E-state index >= 15 is 0 Å². The van der Waals surface area contributed by atoms with Gasteiger partial charge in [-0.2, -0.15) is 0 Å². The van der Waals surface area contributed by atoms with Gasteiger partial charge in [0.1, 0.15) is 5.52 Å². The van der Waals surface area contributed by atoms with Crippen LogP contribution in [0.15, 0.2) is 59.0 Å². The van der Waals surface area contributed by atoms with Gasteiger partial charge in [0.15, 0.2) is 11.3 Å². The molecule has 8 heteroatoms. The van der Waals surface area contributed by atoms with Gasteiger partial charge in [0.05, 0.1) is 11.5 Å². The zero-order valence-corrected chi connectivity index (χ0v) is 17.8. The van der Waals surface area contributed by atoms with Crippen molar-refractivity contribution in [1.82, 2.24) is 4.98 Å². The molecule has 4 rings (SSSR count). The SMILES string of the molecule is CCOc1ccc(C(=O)Nc2ccc(-c3nc4cc(C)c(C)cc4o3)cc2)cc1[N+](=O)[O-]. The van der Waals surface area contributed by atoms with Crippen molar-refractivity contribution >= 4 is 28.4 Å². The molecule has 8 nitrogen and oxygen atoms in total. The Hall–Kier alpha value is -4.20. The number of fused-ring (bicyclic) bond motifs is 1. The largest absolute Gasteiger partial charge is 0.487 e. The van der Waals surface area contributed by atoms with Crippen LogP contribution in [0.25, 0.3) is 22.6 Å². The van der Waals surface area contributed by atoms with Crippen LogP contribution in [0.3, 0.4) is 0 Å². The smallest absolute Gasteiger partial charge is 0.311 e. The number of ether oxygens (including phenoxy) is 1. The van der Waals surface area contributed by atoms with Gasteiger partial charge in [-0.3, -0.25) is 14.9 Å². The summed E-state index contributed by atoms with van der Waals surface area (Å²) in [6.45, 7) is 6.07. The lowest BCUT2D eigenvalue weighted by molar-refractivity contribution is -0.385. The molecule has 4 aromatic rings. The predicted molar refractivity (Wildman–Crippen MR) is 121 cm³/mol. The van der Waals surface area contributed by atoms with E-state index in [1.54, 1.807) is 31.2 Å². The number of aryl methyl sites for hydroxylation is 2. The first-order valence-corrected chi connectivity index (χ1v) is 10.1. The molecule has 1 N–H and O–H groups in total. The van der Waals surface area contributed by atoms with Crippen molar-refractivity contribution in [2.45, 2.75) is 20.8 Å². The summed E-state index contributed by atoms with van der Waals surface area (Å²) in [4.78, 5) is 27.8.